The van der Waals surface area contributed by atoms with Gasteiger partial charge in [-0.15, -0.1) is 0 Å². The van der Waals surface area contributed by atoms with Crippen LogP contribution in [-0.4, -0.2) is 24.4 Å². The fraction of sp³-hybridized carbons (Fsp3) is 0.190. The van der Waals surface area contributed by atoms with E-state index in [1.807, 2.05) is 6.21 Å². The van der Waals surface area contributed by atoms with Crippen molar-refractivity contribution in [2.24, 2.45) is 4.99 Å². The first-order valence-corrected chi connectivity index (χ1v) is 8.45. The Morgan fingerprint density at radius 1 is 0.917 bits per heavy atom. The Morgan fingerprint density at radius 3 is 2.79 bits per heavy atom. The summed E-state index contributed by atoms with van der Waals surface area (Å²) in [6.07, 6.45) is 3.12. The molecule has 0 amide bonds. The van der Waals surface area contributed by atoms with Crippen molar-refractivity contribution in [3.05, 3.63) is 71.4 Å². The van der Waals surface area contributed by atoms with Gasteiger partial charge in [0, 0.05) is 25.5 Å². The van der Waals surface area contributed by atoms with E-state index in [1.165, 1.54) is 33.8 Å². The normalized spacial score (nSPS) is 15.0. The highest BCUT2D eigenvalue weighted by atomic mass is 15.1. The van der Waals surface area contributed by atoms with Crippen molar-refractivity contribution >= 4 is 11.9 Å². The van der Waals surface area contributed by atoms with E-state index in [0.717, 1.165) is 25.2 Å². The number of benzene rings is 2. The van der Waals surface area contributed by atoms with Gasteiger partial charge in [-0.25, -0.2) is 0 Å². The number of likely N-dealkylation sites (N-methyl/N-ethyl adjacent to an activating group) is 1. The van der Waals surface area contributed by atoms with Gasteiger partial charge in [-0.05, 0) is 53.4 Å². The molecule has 0 unspecified atom stereocenters. The summed E-state index contributed by atoms with van der Waals surface area (Å²) in [7, 11) is 2.17. The molecule has 5 rings (SSSR count). The lowest BCUT2D eigenvalue weighted by Gasteiger charge is -2.15. The summed E-state index contributed by atoms with van der Waals surface area (Å²) in [6, 6.07) is 19.8. The zero-order valence-electron chi connectivity index (χ0n) is 13.7. The van der Waals surface area contributed by atoms with E-state index >= 15 is 0 Å². The van der Waals surface area contributed by atoms with Crippen LogP contribution in [0.15, 0.2) is 59.6 Å². The van der Waals surface area contributed by atoms with Crippen molar-refractivity contribution in [2.45, 2.75) is 13.0 Å². The standard InChI is InChI=1S/C21H19N3/c1-23-11-10-16-12-15(6-8-19(16)23)21-9-7-18-14-22-13-17-4-2-3-5-20(17)24(18)21/h2-9,12,14H,10-11,13H2,1H3. The van der Waals surface area contributed by atoms with Crippen LogP contribution in [0, 0.1) is 0 Å². The highest BCUT2D eigenvalue weighted by molar-refractivity contribution is 5.84. The summed E-state index contributed by atoms with van der Waals surface area (Å²) >= 11 is 0. The maximum Gasteiger partial charge on any atom is 0.0661 e. The first-order valence-electron chi connectivity index (χ1n) is 8.45. The number of fused-ring (bicyclic) bond motifs is 4. The quantitative estimate of drug-likeness (QED) is 0.663. The molecule has 3 aromatic rings. The van der Waals surface area contributed by atoms with E-state index in [2.05, 4.69) is 76.1 Å². The Morgan fingerprint density at radius 2 is 1.83 bits per heavy atom. The van der Waals surface area contributed by atoms with Gasteiger partial charge in [0.2, 0.25) is 0 Å². The van der Waals surface area contributed by atoms with Crippen LogP contribution in [-0.2, 0) is 13.0 Å². The number of aromatic nitrogens is 1. The molecule has 3 nitrogen and oxygen atoms in total. The molecule has 0 bridgehead atoms. The van der Waals surface area contributed by atoms with Crippen LogP contribution >= 0.6 is 0 Å². The topological polar surface area (TPSA) is 20.5 Å². The van der Waals surface area contributed by atoms with Gasteiger partial charge >= 0.3 is 0 Å². The van der Waals surface area contributed by atoms with Gasteiger partial charge in [-0.2, -0.15) is 0 Å². The Hall–Kier alpha value is -2.81. The number of hydrogen-bond donors (Lipinski definition) is 0. The second kappa shape index (κ2) is 5.10. The molecule has 0 atom stereocenters. The van der Waals surface area contributed by atoms with Gasteiger partial charge in [0.1, 0.15) is 0 Å². The number of nitrogens with zero attached hydrogens (tertiary/aromatic N) is 3. The second-order valence-electron chi connectivity index (χ2n) is 6.59. The minimum atomic E-state index is 0.742. The molecule has 3 heterocycles. The Balaban J connectivity index is 1.71. The SMILES string of the molecule is CN1CCc2cc(-c3ccc4n3-c3ccccc3CN=C4)ccc21. The van der Waals surface area contributed by atoms with Crippen LogP contribution in [0.5, 0.6) is 0 Å². The average molecular weight is 313 g/mol. The molecule has 118 valence electrons. The number of rotatable bonds is 1. The lowest BCUT2D eigenvalue weighted by atomic mass is 10.1. The number of aliphatic imine (C=N–C) groups is 1. The van der Waals surface area contributed by atoms with Crippen molar-refractivity contribution < 1.29 is 0 Å². The van der Waals surface area contributed by atoms with Crippen LogP contribution in [0.1, 0.15) is 16.8 Å². The van der Waals surface area contributed by atoms with Gasteiger partial charge in [-0.3, -0.25) is 4.99 Å². The molecule has 2 aromatic carbocycles. The smallest absolute Gasteiger partial charge is 0.0661 e. The van der Waals surface area contributed by atoms with Crippen LogP contribution in [0.3, 0.4) is 0 Å². The molecule has 0 spiro atoms. The van der Waals surface area contributed by atoms with Crippen LogP contribution in [0.25, 0.3) is 16.9 Å². The number of hydrogen-bond acceptors (Lipinski definition) is 2. The van der Waals surface area contributed by atoms with E-state index in [4.69, 9.17) is 0 Å². The molecule has 0 N–H and O–H groups in total. The highest BCUT2D eigenvalue weighted by Crippen LogP contribution is 2.34. The first-order chi connectivity index (χ1) is 11.8. The molecule has 2 aliphatic heterocycles. The molecule has 0 saturated heterocycles. The zero-order chi connectivity index (χ0) is 16.1. The maximum absolute atomic E-state index is 4.58. The predicted octanol–water partition coefficient (Wildman–Crippen LogP) is 4.07. The lowest BCUT2D eigenvalue weighted by Crippen LogP contribution is -2.12. The monoisotopic (exact) mass is 313 g/mol. The average Bonchev–Trinajstić information content (AvgIpc) is 3.14. The highest BCUT2D eigenvalue weighted by Gasteiger charge is 2.19. The Labute approximate surface area is 141 Å². The van der Waals surface area contributed by atoms with Gasteiger partial charge in [0.15, 0.2) is 0 Å². The molecule has 2 aliphatic rings. The summed E-state index contributed by atoms with van der Waals surface area (Å²) in [5, 5.41) is 0. The molecule has 3 heteroatoms. The summed E-state index contributed by atoms with van der Waals surface area (Å²) in [4.78, 5) is 6.91. The fourth-order valence-electron chi connectivity index (χ4n) is 3.87. The Bertz CT molecular complexity index is 965. The van der Waals surface area contributed by atoms with Crippen molar-refractivity contribution in [1.82, 2.24) is 4.57 Å². The molecule has 0 aliphatic carbocycles. The molecule has 0 saturated carbocycles. The zero-order valence-corrected chi connectivity index (χ0v) is 13.7. The molecule has 0 radical (unpaired) electrons. The van der Waals surface area contributed by atoms with E-state index in [9.17, 15) is 0 Å². The number of anilines is 1. The minimum absolute atomic E-state index is 0.742. The van der Waals surface area contributed by atoms with E-state index in [-0.39, 0.29) is 0 Å². The third kappa shape index (κ3) is 1.94. The third-order valence-electron chi connectivity index (χ3n) is 5.13. The minimum Gasteiger partial charge on any atom is -0.374 e. The largest absolute Gasteiger partial charge is 0.374 e. The summed E-state index contributed by atoms with van der Waals surface area (Å²) in [5.41, 5.74) is 8.98. The Kier molecular flexibility index (Phi) is 2.89. The maximum atomic E-state index is 4.58. The fourth-order valence-corrected chi connectivity index (χ4v) is 3.87. The van der Waals surface area contributed by atoms with Gasteiger partial charge in [0.25, 0.3) is 0 Å². The molecule has 1 aromatic heterocycles. The summed E-state index contributed by atoms with van der Waals surface area (Å²) < 4.78 is 2.34. The van der Waals surface area contributed by atoms with Gasteiger partial charge < -0.3 is 9.47 Å². The van der Waals surface area contributed by atoms with Gasteiger partial charge in [-0.1, -0.05) is 24.3 Å². The molecular formula is C21H19N3. The van der Waals surface area contributed by atoms with Crippen LogP contribution in [0.2, 0.25) is 0 Å². The van der Waals surface area contributed by atoms with Crippen molar-refractivity contribution in [3.63, 3.8) is 0 Å². The van der Waals surface area contributed by atoms with Crippen molar-refractivity contribution in [2.75, 3.05) is 18.5 Å². The second-order valence-corrected chi connectivity index (χ2v) is 6.59. The summed E-state index contributed by atoms with van der Waals surface area (Å²) in [6.45, 7) is 1.85. The van der Waals surface area contributed by atoms with E-state index < -0.39 is 0 Å². The predicted molar refractivity (Wildman–Crippen MR) is 99.5 cm³/mol. The number of para-hydroxylation sites is 1. The summed E-state index contributed by atoms with van der Waals surface area (Å²) in [5.74, 6) is 0. The van der Waals surface area contributed by atoms with Crippen molar-refractivity contribution in [1.29, 1.82) is 0 Å². The molecule has 24 heavy (non-hydrogen) atoms. The molecular weight excluding hydrogens is 294 g/mol. The molecule has 0 fully saturated rings. The van der Waals surface area contributed by atoms with E-state index in [1.54, 1.807) is 0 Å². The van der Waals surface area contributed by atoms with Crippen LogP contribution < -0.4 is 4.90 Å². The first kappa shape index (κ1) is 13.6. The van der Waals surface area contributed by atoms with Gasteiger partial charge in [0.05, 0.1) is 23.6 Å². The third-order valence-corrected chi connectivity index (χ3v) is 5.13. The van der Waals surface area contributed by atoms with Crippen molar-refractivity contribution in [3.8, 4) is 16.9 Å². The lowest BCUT2D eigenvalue weighted by molar-refractivity contribution is 0.956. The van der Waals surface area contributed by atoms with Crippen LogP contribution in [0.4, 0.5) is 5.69 Å². The van der Waals surface area contributed by atoms with E-state index in [0.29, 0.717) is 0 Å².